The number of aliphatic hydroxyl groups is 1. The van der Waals surface area contributed by atoms with Gasteiger partial charge in [-0.05, 0) is 11.6 Å². The summed E-state index contributed by atoms with van der Waals surface area (Å²) in [6.45, 7) is 0.944. The number of benzene rings is 1. The number of nitrogens with two attached hydrogens (primary N) is 1. The van der Waals surface area contributed by atoms with Gasteiger partial charge in [0.2, 0.25) is 0 Å². The van der Waals surface area contributed by atoms with Crippen LogP contribution in [0.15, 0.2) is 18.2 Å². The zero-order valence-electron chi connectivity index (χ0n) is 8.21. The van der Waals surface area contributed by atoms with Gasteiger partial charge >= 0.3 is 0 Å². The molecule has 0 bridgehead atoms. The first-order valence-corrected chi connectivity index (χ1v) is 5.44. The Morgan fingerprint density at radius 2 is 2.13 bits per heavy atom. The smallest absolute Gasteiger partial charge is 0.0640 e. The van der Waals surface area contributed by atoms with Gasteiger partial charge in [0.1, 0.15) is 0 Å². The van der Waals surface area contributed by atoms with Gasteiger partial charge in [-0.2, -0.15) is 0 Å². The molecule has 0 heterocycles. The van der Waals surface area contributed by atoms with Crippen LogP contribution in [0.1, 0.15) is 11.6 Å². The highest BCUT2D eigenvalue weighted by atomic mass is 35.5. The second kappa shape index (κ2) is 6.30. The molecule has 0 fully saturated rings. The maximum Gasteiger partial charge on any atom is 0.0640 e. The number of nitrogens with one attached hydrogen (secondary N) is 1. The summed E-state index contributed by atoms with van der Waals surface area (Å²) in [5, 5.41) is 12.8. The Kier molecular flexibility index (Phi) is 5.36. The normalized spacial score (nSPS) is 12.8. The molecule has 1 rings (SSSR count). The highest BCUT2D eigenvalue weighted by Crippen LogP contribution is 2.29. The third-order valence-electron chi connectivity index (χ3n) is 2.10. The molecule has 0 saturated carbocycles. The highest BCUT2D eigenvalue weighted by Gasteiger charge is 2.13. The molecule has 15 heavy (non-hydrogen) atoms. The summed E-state index contributed by atoms with van der Waals surface area (Å²) >= 11 is 12.0. The van der Waals surface area contributed by atoms with Gasteiger partial charge < -0.3 is 16.2 Å². The Morgan fingerprint density at radius 1 is 1.40 bits per heavy atom. The van der Waals surface area contributed by atoms with E-state index in [1.807, 2.05) is 12.1 Å². The van der Waals surface area contributed by atoms with Crippen LogP contribution in [0.2, 0.25) is 10.0 Å². The molecule has 84 valence electrons. The van der Waals surface area contributed by atoms with Crippen LogP contribution in [0, 0.1) is 0 Å². The van der Waals surface area contributed by atoms with Crippen molar-refractivity contribution in [3.8, 4) is 0 Å². The predicted molar refractivity (Wildman–Crippen MR) is 63.3 cm³/mol. The topological polar surface area (TPSA) is 58.3 Å². The Morgan fingerprint density at radius 3 is 2.73 bits per heavy atom. The van der Waals surface area contributed by atoms with Gasteiger partial charge in [-0.3, -0.25) is 0 Å². The van der Waals surface area contributed by atoms with Crippen molar-refractivity contribution >= 4 is 23.2 Å². The minimum atomic E-state index is -0.0802. The molecule has 3 nitrogen and oxygen atoms in total. The first-order chi connectivity index (χ1) is 7.20. The van der Waals surface area contributed by atoms with Crippen LogP contribution < -0.4 is 11.1 Å². The Balaban J connectivity index is 2.86. The van der Waals surface area contributed by atoms with E-state index in [2.05, 4.69) is 5.32 Å². The van der Waals surface area contributed by atoms with Crippen molar-refractivity contribution < 1.29 is 5.11 Å². The predicted octanol–water partition coefficient (Wildman–Crippen LogP) is 1.58. The Hall–Kier alpha value is -0.320. The van der Waals surface area contributed by atoms with E-state index < -0.39 is 0 Å². The van der Waals surface area contributed by atoms with Crippen LogP contribution in [-0.2, 0) is 0 Å². The van der Waals surface area contributed by atoms with Crippen molar-refractivity contribution in [1.82, 2.24) is 5.32 Å². The molecule has 0 aliphatic rings. The molecule has 1 unspecified atom stereocenters. The van der Waals surface area contributed by atoms with Crippen LogP contribution in [-0.4, -0.2) is 24.8 Å². The summed E-state index contributed by atoms with van der Waals surface area (Å²) in [6.07, 6.45) is 0. The van der Waals surface area contributed by atoms with Gasteiger partial charge in [0.15, 0.2) is 0 Å². The number of hydrogen-bond acceptors (Lipinski definition) is 3. The molecule has 0 amide bonds. The van der Waals surface area contributed by atoms with Crippen LogP contribution in [0.5, 0.6) is 0 Å². The van der Waals surface area contributed by atoms with Crippen molar-refractivity contribution in [2.45, 2.75) is 6.04 Å². The SMILES string of the molecule is NCC(NCCO)c1cccc(Cl)c1Cl. The van der Waals surface area contributed by atoms with Gasteiger partial charge in [0, 0.05) is 19.1 Å². The second-order valence-corrected chi connectivity index (χ2v) is 3.89. The Labute approximate surface area is 99.2 Å². The molecular weight excluding hydrogens is 235 g/mol. The lowest BCUT2D eigenvalue weighted by atomic mass is 10.1. The molecule has 0 aromatic heterocycles. The monoisotopic (exact) mass is 248 g/mol. The molecular formula is C10H14Cl2N2O. The lowest BCUT2D eigenvalue weighted by Gasteiger charge is -2.18. The van der Waals surface area contributed by atoms with E-state index in [0.717, 1.165) is 5.56 Å². The van der Waals surface area contributed by atoms with E-state index in [1.165, 1.54) is 0 Å². The minimum absolute atomic E-state index is 0.0642. The van der Waals surface area contributed by atoms with E-state index in [4.69, 9.17) is 34.0 Å². The fourth-order valence-corrected chi connectivity index (χ4v) is 1.79. The molecule has 0 spiro atoms. The number of aliphatic hydroxyl groups excluding tert-OH is 1. The fourth-order valence-electron chi connectivity index (χ4n) is 1.35. The van der Waals surface area contributed by atoms with Crippen molar-refractivity contribution in [1.29, 1.82) is 0 Å². The van der Waals surface area contributed by atoms with Crippen molar-refractivity contribution in [3.63, 3.8) is 0 Å². The zero-order chi connectivity index (χ0) is 11.3. The van der Waals surface area contributed by atoms with E-state index in [0.29, 0.717) is 23.1 Å². The minimum Gasteiger partial charge on any atom is -0.395 e. The standard InChI is InChI=1S/C10H14Cl2N2O/c11-8-3-1-2-7(10(8)12)9(6-13)14-4-5-15/h1-3,9,14-15H,4-6,13H2. The lowest BCUT2D eigenvalue weighted by Crippen LogP contribution is -2.30. The van der Waals surface area contributed by atoms with E-state index in [-0.39, 0.29) is 12.6 Å². The average Bonchev–Trinajstić information content (AvgIpc) is 2.25. The van der Waals surface area contributed by atoms with Gasteiger partial charge in [-0.1, -0.05) is 35.3 Å². The largest absolute Gasteiger partial charge is 0.395 e. The van der Waals surface area contributed by atoms with Gasteiger partial charge in [0.25, 0.3) is 0 Å². The van der Waals surface area contributed by atoms with Crippen LogP contribution in [0.4, 0.5) is 0 Å². The van der Waals surface area contributed by atoms with Crippen LogP contribution in [0.25, 0.3) is 0 Å². The average molecular weight is 249 g/mol. The summed E-state index contributed by atoms with van der Waals surface area (Å²) in [6, 6.07) is 5.35. The molecule has 0 saturated heterocycles. The quantitative estimate of drug-likeness (QED) is 0.742. The van der Waals surface area contributed by atoms with Crippen LogP contribution in [0.3, 0.4) is 0 Å². The molecule has 0 aliphatic carbocycles. The van der Waals surface area contributed by atoms with Crippen LogP contribution >= 0.6 is 23.2 Å². The number of rotatable bonds is 5. The first-order valence-electron chi connectivity index (χ1n) is 4.69. The summed E-state index contributed by atoms with van der Waals surface area (Å²) in [5.74, 6) is 0. The summed E-state index contributed by atoms with van der Waals surface area (Å²) in [7, 11) is 0. The summed E-state index contributed by atoms with van der Waals surface area (Å²) in [4.78, 5) is 0. The maximum absolute atomic E-state index is 8.72. The second-order valence-electron chi connectivity index (χ2n) is 3.11. The Bertz CT molecular complexity index is 320. The third-order valence-corrected chi connectivity index (χ3v) is 2.93. The van der Waals surface area contributed by atoms with Crippen molar-refractivity contribution in [3.05, 3.63) is 33.8 Å². The molecule has 1 atom stereocenters. The van der Waals surface area contributed by atoms with Crippen molar-refractivity contribution in [2.75, 3.05) is 19.7 Å². The van der Waals surface area contributed by atoms with Gasteiger partial charge in [0.05, 0.1) is 16.7 Å². The summed E-state index contributed by atoms with van der Waals surface area (Å²) < 4.78 is 0. The fraction of sp³-hybridized carbons (Fsp3) is 0.400. The third kappa shape index (κ3) is 3.33. The molecule has 0 radical (unpaired) electrons. The molecule has 1 aromatic carbocycles. The summed E-state index contributed by atoms with van der Waals surface area (Å²) in [5.41, 5.74) is 6.48. The number of halogens is 2. The molecule has 0 aliphatic heterocycles. The van der Waals surface area contributed by atoms with E-state index in [1.54, 1.807) is 6.07 Å². The highest BCUT2D eigenvalue weighted by molar-refractivity contribution is 6.42. The lowest BCUT2D eigenvalue weighted by molar-refractivity contribution is 0.285. The van der Waals surface area contributed by atoms with Crippen molar-refractivity contribution in [2.24, 2.45) is 5.73 Å². The zero-order valence-corrected chi connectivity index (χ0v) is 9.72. The van der Waals surface area contributed by atoms with E-state index >= 15 is 0 Å². The maximum atomic E-state index is 8.72. The van der Waals surface area contributed by atoms with Gasteiger partial charge in [-0.25, -0.2) is 0 Å². The van der Waals surface area contributed by atoms with E-state index in [9.17, 15) is 0 Å². The number of hydrogen-bond donors (Lipinski definition) is 3. The molecule has 5 heteroatoms. The molecule has 1 aromatic rings. The first kappa shape index (κ1) is 12.7. The molecule has 4 N–H and O–H groups in total. The van der Waals surface area contributed by atoms with Gasteiger partial charge in [-0.15, -0.1) is 0 Å².